The lowest BCUT2D eigenvalue weighted by Gasteiger charge is -2.19. The zero-order valence-corrected chi connectivity index (χ0v) is 10.1. The molecular formula is C15H17NO2. The molecule has 2 aromatic rings. The topological polar surface area (TPSA) is 55.5 Å². The van der Waals surface area contributed by atoms with Gasteiger partial charge >= 0.3 is 0 Å². The first-order chi connectivity index (χ1) is 8.77. The van der Waals surface area contributed by atoms with Crippen molar-refractivity contribution < 1.29 is 9.84 Å². The van der Waals surface area contributed by atoms with Crippen LogP contribution in [0.2, 0.25) is 0 Å². The van der Waals surface area contributed by atoms with E-state index in [0.717, 1.165) is 11.1 Å². The number of aliphatic hydroxyl groups excluding tert-OH is 1. The second kappa shape index (κ2) is 6.31. The second-order valence-corrected chi connectivity index (χ2v) is 4.12. The van der Waals surface area contributed by atoms with Crippen molar-refractivity contribution in [1.29, 1.82) is 0 Å². The van der Waals surface area contributed by atoms with Crippen molar-refractivity contribution >= 4 is 0 Å². The Bertz CT molecular complexity index is 458. The van der Waals surface area contributed by atoms with Crippen molar-refractivity contribution in [1.82, 2.24) is 0 Å². The van der Waals surface area contributed by atoms with Gasteiger partial charge in [0.05, 0.1) is 6.61 Å². The summed E-state index contributed by atoms with van der Waals surface area (Å²) in [5.74, 6) is 0. The van der Waals surface area contributed by atoms with Crippen LogP contribution in [0.3, 0.4) is 0 Å². The van der Waals surface area contributed by atoms with Crippen LogP contribution in [0.15, 0.2) is 60.7 Å². The molecule has 0 aliphatic heterocycles. The maximum Gasteiger partial charge on any atom is 0.136 e. The molecule has 0 spiro atoms. The molecule has 94 valence electrons. The Labute approximate surface area is 107 Å². The first-order valence-corrected chi connectivity index (χ1v) is 5.91. The van der Waals surface area contributed by atoms with Crippen LogP contribution < -0.4 is 5.73 Å². The third-order valence-corrected chi connectivity index (χ3v) is 2.74. The molecule has 2 atom stereocenters. The van der Waals surface area contributed by atoms with Crippen molar-refractivity contribution in [3.63, 3.8) is 0 Å². The number of nitrogens with two attached hydrogens (primary N) is 1. The standard InChI is InChI=1S/C15H17NO2/c16-15(14(17)13-9-5-2-6-10-13)18-11-12-7-3-1-4-8-12/h1-10,14-15,17H,11,16H2. The molecule has 0 amide bonds. The fourth-order valence-corrected chi connectivity index (χ4v) is 1.70. The average molecular weight is 243 g/mol. The summed E-state index contributed by atoms with van der Waals surface area (Å²) in [5.41, 5.74) is 7.62. The number of ether oxygens (including phenoxy) is 1. The van der Waals surface area contributed by atoms with Gasteiger partial charge in [0.2, 0.25) is 0 Å². The quantitative estimate of drug-likeness (QED) is 0.792. The number of hydrogen-bond acceptors (Lipinski definition) is 3. The van der Waals surface area contributed by atoms with Crippen LogP contribution in [0.1, 0.15) is 17.2 Å². The number of aliphatic hydroxyl groups is 1. The Morgan fingerprint density at radius 2 is 1.50 bits per heavy atom. The van der Waals surface area contributed by atoms with Gasteiger partial charge in [-0.2, -0.15) is 0 Å². The van der Waals surface area contributed by atoms with Crippen molar-refractivity contribution in [3.05, 3.63) is 71.8 Å². The Morgan fingerprint density at radius 1 is 0.944 bits per heavy atom. The van der Waals surface area contributed by atoms with Gasteiger partial charge < -0.3 is 15.6 Å². The monoisotopic (exact) mass is 243 g/mol. The summed E-state index contributed by atoms with van der Waals surface area (Å²) >= 11 is 0. The minimum absolute atomic E-state index is 0.395. The summed E-state index contributed by atoms with van der Waals surface area (Å²) in [4.78, 5) is 0. The van der Waals surface area contributed by atoms with Crippen LogP contribution in [0, 0.1) is 0 Å². The Hall–Kier alpha value is -1.68. The molecule has 3 N–H and O–H groups in total. The van der Waals surface area contributed by atoms with Gasteiger partial charge in [-0.15, -0.1) is 0 Å². The molecule has 0 bridgehead atoms. The summed E-state index contributed by atoms with van der Waals surface area (Å²) < 4.78 is 5.47. The van der Waals surface area contributed by atoms with Gasteiger partial charge in [-0.3, -0.25) is 0 Å². The molecule has 2 rings (SSSR count). The van der Waals surface area contributed by atoms with E-state index in [0.29, 0.717) is 6.61 Å². The van der Waals surface area contributed by atoms with Crippen LogP contribution in [0.4, 0.5) is 0 Å². The van der Waals surface area contributed by atoms with Gasteiger partial charge in [-0.1, -0.05) is 60.7 Å². The lowest BCUT2D eigenvalue weighted by Crippen LogP contribution is -2.31. The molecule has 18 heavy (non-hydrogen) atoms. The first-order valence-electron chi connectivity index (χ1n) is 5.91. The van der Waals surface area contributed by atoms with Gasteiger partial charge in [0, 0.05) is 0 Å². The number of hydrogen-bond donors (Lipinski definition) is 2. The van der Waals surface area contributed by atoms with E-state index in [-0.39, 0.29) is 0 Å². The van der Waals surface area contributed by atoms with E-state index in [1.807, 2.05) is 60.7 Å². The van der Waals surface area contributed by atoms with Gasteiger partial charge in [0.25, 0.3) is 0 Å². The SMILES string of the molecule is NC(OCc1ccccc1)C(O)c1ccccc1. The van der Waals surface area contributed by atoms with E-state index in [1.165, 1.54) is 0 Å². The van der Waals surface area contributed by atoms with E-state index < -0.39 is 12.3 Å². The van der Waals surface area contributed by atoms with E-state index in [2.05, 4.69) is 0 Å². The molecule has 0 heterocycles. The van der Waals surface area contributed by atoms with Gasteiger partial charge in [-0.25, -0.2) is 0 Å². The zero-order valence-electron chi connectivity index (χ0n) is 10.1. The van der Waals surface area contributed by atoms with Crippen molar-refractivity contribution in [2.45, 2.75) is 18.9 Å². The summed E-state index contributed by atoms with van der Waals surface area (Å²) in [6, 6.07) is 19.0. The van der Waals surface area contributed by atoms with Gasteiger partial charge in [0.15, 0.2) is 0 Å². The predicted molar refractivity (Wildman–Crippen MR) is 70.6 cm³/mol. The molecule has 3 heteroatoms. The van der Waals surface area contributed by atoms with Crippen LogP contribution in [0.5, 0.6) is 0 Å². The molecule has 3 nitrogen and oxygen atoms in total. The summed E-state index contributed by atoms with van der Waals surface area (Å²) in [7, 11) is 0. The third kappa shape index (κ3) is 3.40. The van der Waals surface area contributed by atoms with Crippen LogP contribution in [0.25, 0.3) is 0 Å². The van der Waals surface area contributed by atoms with Crippen LogP contribution >= 0.6 is 0 Å². The first kappa shape index (κ1) is 12.8. The predicted octanol–water partition coefficient (Wildman–Crippen LogP) is 2.22. The van der Waals surface area contributed by atoms with E-state index in [4.69, 9.17) is 10.5 Å². The lowest BCUT2D eigenvalue weighted by atomic mass is 10.1. The van der Waals surface area contributed by atoms with Crippen LogP contribution in [-0.2, 0) is 11.3 Å². The van der Waals surface area contributed by atoms with Crippen molar-refractivity contribution in [3.8, 4) is 0 Å². The Balaban J connectivity index is 1.90. The Kier molecular flexibility index (Phi) is 4.47. The second-order valence-electron chi connectivity index (χ2n) is 4.12. The van der Waals surface area contributed by atoms with Crippen LogP contribution in [-0.4, -0.2) is 11.3 Å². The number of rotatable bonds is 5. The highest BCUT2D eigenvalue weighted by Crippen LogP contribution is 2.16. The largest absolute Gasteiger partial charge is 0.384 e. The van der Waals surface area contributed by atoms with E-state index in [1.54, 1.807) is 0 Å². The molecule has 0 saturated carbocycles. The van der Waals surface area contributed by atoms with Crippen molar-refractivity contribution in [2.75, 3.05) is 0 Å². The highest BCUT2D eigenvalue weighted by molar-refractivity contribution is 5.18. The maximum atomic E-state index is 10.0. The molecule has 0 aliphatic rings. The Morgan fingerprint density at radius 3 is 2.11 bits per heavy atom. The maximum absolute atomic E-state index is 10.0. The normalized spacial score (nSPS) is 14.1. The molecule has 0 saturated heterocycles. The highest BCUT2D eigenvalue weighted by atomic mass is 16.5. The minimum Gasteiger partial charge on any atom is -0.384 e. The molecule has 2 unspecified atom stereocenters. The smallest absolute Gasteiger partial charge is 0.136 e. The zero-order chi connectivity index (χ0) is 12.8. The van der Waals surface area contributed by atoms with Gasteiger partial charge in [0.1, 0.15) is 12.3 Å². The third-order valence-electron chi connectivity index (χ3n) is 2.74. The lowest BCUT2D eigenvalue weighted by molar-refractivity contribution is -0.0435. The number of benzene rings is 2. The molecule has 2 aromatic carbocycles. The molecule has 0 aliphatic carbocycles. The summed E-state index contributed by atoms with van der Waals surface area (Å²) in [6.07, 6.45) is -1.54. The van der Waals surface area contributed by atoms with Crippen molar-refractivity contribution in [2.24, 2.45) is 5.73 Å². The summed E-state index contributed by atoms with van der Waals surface area (Å²) in [5, 5.41) is 10.0. The van der Waals surface area contributed by atoms with E-state index in [9.17, 15) is 5.11 Å². The fraction of sp³-hybridized carbons (Fsp3) is 0.200. The fourth-order valence-electron chi connectivity index (χ4n) is 1.70. The molecule has 0 fully saturated rings. The molecule has 0 aromatic heterocycles. The molecular weight excluding hydrogens is 226 g/mol. The molecule has 0 radical (unpaired) electrons. The summed E-state index contributed by atoms with van der Waals surface area (Å²) in [6.45, 7) is 0.395. The van der Waals surface area contributed by atoms with E-state index >= 15 is 0 Å². The minimum atomic E-state index is -0.810. The van der Waals surface area contributed by atoms with Gasteiger partial charge in [-0.05, 0) is 11.1 Å². The average Bonchev–Trinajstić information content (AvgIpc) is 2.46. The highest BCUT2D eigenvalue weighted by Gasteiger charge is 2.16.